The third-order valence-electron chi connectivity index (χ3n) is 4.62. The molecule has 2 heterocycles. The number of nitrogens with zero attached hydrogens (tertiary/aromatic N) is 3. The van der Waals surface area contributed by atoms with Crippen molar-refractivity contribution in [1.29, 1.82) is 0 Å². The molecule has 0 radical (unpaired) electrons. The maximum Gasteiger partial charge on any atom is 0.271 e. The number of aliphatic hydroxyl groups excluding tert-OH is 1. The summed E-state index contributed by atoms with van der Waals surface area (Å²) in [6.45, 7) is 1.94. The molecule has 1 aromatic heterocycles. The first-order chi connectivity index (χ1) is 12.1. The fraction of sp³-hybridized carbons (Fsp3) is 0.444. The number of benzene rings is 1. The molecular weight excluding hydrogens is 323 g/mol. The fourth-order valence-electron chi connectivity index (χ4n) is 3.29. The molecule has 134 valence electrons. The molecule has 1 fully saturated rings. The van der Waals surface area contributed by atoms with Gasteiger partial charge in [0.15, 0.2) is 0 Å². The van der Waals surface area contributed by atoms with Crippen LogP contribution in [0, 0.1) is 5.82 Å². The molecule has 2 N–H and O–H groups in total. The van der Waals surface area contributed by atoms with Crippen LogP contribution >= 0.6 is 0 Å². The Bertz CT molecular complexity index is 733. The molecule has 1 saturated heterocycles. The Morgan fingerprint density at radius 1 is 1.44 bits per heavy atom. The number of aromatic nitrogens is 2. The van der Waals surface area contributed by atoms with Gasteiger partial charge in [0.1, 0.15) is 11.5 Å². The molecule has 0 bridgehead atoms. The molecule has 1 aliphatic heterocycles. The molecule has 1 aliphatic rings. The Labute approximate surface area is 146 Å². The third-order valence-corrected chi connectivity index (χ3v) is 4.62. The fourth-order valence-corrected chi connectivity index (χ4v) is 3.29. The highest BCUT2D eigenvalue weighted by Gasteiger charge is 2.25. The minimum Gasteiger partial charge on any atom is -0.387 e. The molecule has 0 saturated carbocycles. The number of β-amino-alcohol motifs (C(OH)–C–C–N with tert-alkyl or cyclic N) is 1. The van der Waals surface area contributed by atoms with Crippen LogP contribution < -0.4 is 5.32 Å². The van der Waals surface area contributed by atoms with Gasteiger partial charge < -0.3 is 10.4 Å². The lowest BCUT2D eigenvalue weighted by molar-refractivity contribution is 0.0817. The third kappa shape index (κ3) is 4.05. The monoisotopic (exact) mass is 346 g/mol. The minimum absolute atomic E-state index is 0.139. The lowest BCUT2D eigenvalue weighted by Crippen LogP contribution is -2.39. The van der Waals surface area contributed by atoms with Crippen LogP contribution in [0.2, 0.25) is 0 Å². The quantitative estimate of drug-likeness (QED) is 0.865. The topological polar surface area (TPSA) is 70.4 Å². The zero-order valence-corrected chi connectivity index (χ0v) is 14.2. The Hall–Kier alpha value is -2.25. The van der Waals surface area contributed by atoms with Crippen LogP contribution in [0.3, 0.4) is 0 Å². The second kappa shape index (κ2) is 7.76. The standard InChI is InChI=1S/C18H23FN4O2/c1-20-18(25)16-8-10-23(21-16)13-5-4-9-22(11-13)12-17(24)14-6-2-3-7-15(14)19/h2-3,6-8,10,13,17,24H,4-5,9,11-12H2,1H3,(H,20,25)/t13-,17-/m0/s1. The van der Waals surface area contributed by atoms with Crippen LogP contribution in [0.25, 0.3) is 0 Å². The van der Waals surface area contributed by atoms with E-state index in [4.69, 9.17) is 0 Å². The van der Waals surface area contributed by atoms with E-state index in [0.29, 0.717) is 24.3 Å². The summed E-state index contributed by atoms with van der Waals surface area (Å²) in [5, 5.41) is 17.3. The number of carbonyl (C=O) groups excluding carboxylic acids is 1. The normalized spacial score (nSPS) is 19.6. The molecule has 7 heteroatoms. The van der Waals surface area contributed by atoms with Crippen molar-refractivity contribution in [1.82, 2.24) is 20.0 Å². The Morgan fingerprint density at radius 2 is 2.24 bits per heavy atom. The van der Waals surface area contributed by atoms with E-state index in [1.807, 2.05) is 10.9 Å². The van der Waals surface area contributed by atoms with E-state index in [9.17, 15) is 14.3 Å². The van der Waals surface area contributed by atoms with Gasteiger partial charge in [-0.2, -0.15) is 5.10 Å². The molecule has 0 aliphatic carbocycles. The summed E-state index contributed by atoms with van der Waals surface area (Å²) in [6, 6.07) is 8.16. The van der Waals surface area contributed by atoms with E-state index >= 15 is 0 Å². The minimum atomic E-state index is -0.862. The first kappa shape index (κ1) is 17.6. The summed E-state index contributed by atoms with van der Waals surface area (Å²) in [5.41, 5.74) is 0.719. The van der Waals surface area contributed by atoms with Gasteiger partial charge in [-0.15, -0.1) is 0 Å². The van der Waals surface area contributed by atoms with Gasteiger partial charge in [0.2, 0.25) is 0 Å². The highest BCUT2D eigenvalue weighted by Crippen LogP contribution is 2.24. The van der Waals surface area contributed by atoms with Crippen LogP contribution in [-0.2, 0) is 0 Å². The smallest absolute Gasteiger partial charge is 0.271 e. The molecule has 6 nitrogen and oxygen atoms in total. The summed E-state index contributed by atoms with van der Waals surface area (Å²) in [5.74, 6) is -0.591. The van der Waals surface area contributed by atoms with Gasteiger partial charge in [0, 0.05) is 31.9 Å². The van der Waals surface area contributed by atoms with Gasteiger partial charge in [-0.1, -0.05) is 18.2 Å². The molecule has 2 aromatic rings. The number of halogens is 1. The van der Waals surface area contributed by atoms with Gasteiger partial charge in [-0.3, -0.25) is 14.4 Å². The van der Waals surface area contributed by atoms with Crippen molar-refractivity contribution in [3.05, 3.63) is 53.6 Å². The van der Waals surface area contributed by atoms with Crippen LogP contribution in [-0.4, -0.2) is 52.4 Å². The van der Waals surface area contributed by atoms with Crippen LogP contribution in [0.1, 0.15) is 41.0 Å². The first-order valence-electron chi connectivity index (χ1n) is 8.50. The molecule has 0 spiro atoms. The van der Waals surface area contributed by atoms with Crippen LogP contribution in [0.15, 0.2) is 36.5 Å². The number of rotatable bonds is 5. The highest BCUT2D eigenvalue weighted by molar-refractivity contribution is 5.91. The summed E-state index contributed by atoms with van der Waals surface area (Å²) in [7, 11) is 1.58. The predicted octanol–water partition coefficient (Wildman–Crippen LogP) is 1.75. The van der Waals surface area contributed by atoms with Gasteiger partial charge in [0.25, 0.3) is 5.91 Å². The van der Waals surface area contributed by atoms with Gasteiger partial charge >= 0.3 is 0 Å². The van der Waals surface area contributed by atoms with Crippen molar-refractivity contribution in [2.75, 3.05) is 26.7 Å². The van der Waals surface area contributed by atoms with E-state index in [-0.39, 0.29) is 17.8 Å². The molecular formula is C18H23FN4O2. The largest absolute Gasteiger partial charge is 0.387 e. The zero-order chi connectivity index (χ0) is 17.8. The van der Waals surface area contributed by atoms with Crippen molar-refractivity contribution < 1.29 is 14.3 Å². The number of hydrogen-bond acceptors (Lipinski definition) is 4. The van der Waals surface area contributed by atoms with Gasteiger partial charge in [-0.05, 0) is 31.5 Å². The van der Waals surface area contributed by atoms with Crippen LogP contribution in [0.4, 0.5) is 4.39 Å². The van der Waals surface area contributed by atoms with Gasteiger partial charge in [-0.25, -0.2) is 4.39 Å². The number of nitrogens with one attached hydrogen (secondary N) is 1. The van der Waals surface area contributed by atoms with E-state index in [1.54, 1.807) is 31.3 Å². The number of piperidine rings is 1. The summed E-state index contributed by atoms with van der Waals surface area (Å²) in [4.78, 5) is 13.8. The van der Waals surface area contributed by atoms with E-state index < -0.39 is 6.10 Å². The second-order valence-electron chi connectivity index (χ2n) is 6.35. The van der Waals surface area contributed by atoms with Crippen molar-refractivity contribution in [3.8, 4) is 0 Å². The first-order valence-corrected chi connectivity index (χ1v) is 8.50. The van der Waals surface area contributed by atoms with Crippen molar-refractivity contribution in [3.63, 3.8) is 0 Å². The number of amides is 1. The molecule has 1 aromatic carbocycles. The van der Waals surface area contributed by atoms with Gasteiger partial charge in [0.05, 0.1) is 12.1 Å². The Balaban J connectivity index is 1.64. The van der Waals surface area contributed by atoms with Crippen molar-refractivity contribution in [2.24, 2.45) is 0 Å². The summed E-state index contributed by atoms with van der Waals surface area (Å²) >= 11 is 0. The van der Waals surface area contributed by atoms with E-state index in [2.05, 4.69) is 15.3 Å². The van der Waals surface area contributed by atoms with Crippen molar-refractivity contribution >= 4 is 5.91 Å². The summed E-state index contributed by atoms with van der Waals surface area (Å²) in [6.07, 6.45) is 2.87. The Kier molecular flexibility index (Phi) is 5.45. The SMILES string of the molecule is CNC(=O)c1ccn([C@H]2CCCN(C[C@H](O)c3ccccc3F)C2)n1. The molecule has 3 rings (SSSR count). The van der Waals surface area contributed by atoms with E-state index in [1.165, 1.54) is 6.07 Å². The number of hydrogen-bond donors (Lipinski definition) is 2. The zero-order valence-electron chi connectivity index (χ0n) is 14.2. The number of likely N-dealkylation sites (tertiary alicyclic amines) is 1. The number of carbonyl (C=O) groups is 1. The lowest BCUT2D eigenvalue weighted by atomic mass is 10.0. The van der Waals surface area contributed by atoms with E-state index in [0.717, 1.165) is 19.4 Å². The van der Waals surface area contributed by atoms with Crippen molar-refractivity contribution in [2.45, 2.75) is 25.0 Å². The maximum absolute atomic E-state index is 13.8. The number of aliphatic hydroxyl groups is 1. The predicted molar refractivity (Wildman–Crippen MR) is 91.7 cm³/mol. The Morgan fingerprint density at radius 3 is 3.00 bits per heavy atom. The average molecular weight is 346 g/mol. The molecule has 0 unspecified atom stereocenters. The molecule has 1 amide bonds. The van der Waals surface area contributed by atoms with Crippen LogP contribution in [0.5, 0.6) is 0 Å². The molecule has 25 heavy (non-hydrogen) atoms. The second-order valence-corrected chi connectivity index (χ2v) is 6.35. The average Bonchev–Trinajstić information content (AvgIpc) is 3.12. The maximum atomic E-state index is 13.8. The summed E-state index contributed by atoms with van der Waals surface area (Å²) < 4.78 is 15.6. The highest BCUT2D eigenvalue weighted by atomic mass is 19.1. The molecule has 2 atom stereocenters. The lowest BCUT2D eigenvalue weighted by Gasteiger charge is -2.34.